The summed E-state index contributed by atoms with van der Waals surface area (Å²) in [7, 11) is 0. The molecule has 2 aliphatic heterocycles. The molecule has 0 spiro atoms. The van der Waals surface area contributed by atoms with Crippen LogP contribution < -0.4 is 5.32 Å². The zero-order valence-electron chi connectivity index (χ0n) is 19.3. The Kier molecular flexibility index (Phi) is 6.60. The Balaban J connectivity index is 1.07. The highest BCUT2D eigenvalue weighted by Gasteiger charge is 2.32. The van der Waals surface area contributed by atoms with Gasteiger partial charge in [-0.25, -0.2) is 4.79 Å². The summed E-state index contributed by atoms with van der Waals surface area (Å²) in [5.41, 5.74) is 3.33. The van der Waals surface area contributed by atoms with Crippen molar-refractivity contribution in [3.8, 4) is 0 Å². The standard InChI is InChI=1S/C27H34N4O2/c32-26(16-20-4-1-2-5-20)30-14-11-22(12-15-30)21-7-9-25(10-8-21)29-27(33)31-18-24(19-31)23-6-3-13-28-17-23/h3,6-10,13,17,20,22,24H,1-2,4-5,11-12,14-16,18-19H2,(H,29,33). The van der Waals surface area contributed by atoms with Crippen LogP contribution in [-0.2, 0) is 4.79 Å². The van der Waals surface area contributed by atoms with Gasteiger partial charge in [-0.2, -0.15) is 0 Å². The number of amides is 3. The predicted octanol–water partition coefficient (Wildman–Crippen LogP) is 5.00. The van der Waals surface area contributed by atoms with E-state index in [0.29, 0.717) is 23.7 Å². The first-order valence-electron chi connectivity index (χ1n) is 12.5. The van der Waals surface area contributed by atoms with Gasteiger partial charge in [0.2, 0.25) is 5.91 Å². The van der Waals surface area contributed by atoms with E-state index in [1.807, 2.05) is 29.3 Å². The summed E-state index contributed by atoms with van der Waals surface area (Å²) < 4.78 is 0. The van der Waals surface area contributed by atoms with Gasteiger partial charge in [-0.05, 0) is 66.8 Å². The Hall–Kier alpha value is -2.89. The Morgan fingerprint density at radius 2 is 1.61 bits per heavy atom. The topological polar surface area (TPSA) is 65.5 Å². The van der Waals surface area contributed by atoms with Gasteiger partial charge in [-0.1, -0.05) is 31.0 Å². The maximum absolute atomic E-state index is 12.6. The monoisotopic (exact) mass is 446 g/mol. The molecule has 2 aromatic rings. The molecule has 0 atom stereocenters. The first-order chi connectivity index (χ1) is 16.2. The fourth-order valence-electron chi connectivity index (χ4n) is 5.57. The number of rotatable bonds is 5. The summed E-state index contributed by atoms with van der Waals surface area (Å²) in [6.45, 7) is 3.19. The highest BCUT2D eigenvalue weighted by atomic mass is 16.2. The van der Waals surface area contributed by atoms with Crippen LogP contribution in [0.4, 0.5) is 10.5 Å². The number of carbonyl (C=O) groups excluding carboxylic acids is 2. The maximum atomic E-state index is 12.6. The number of likely N-dealkylation sites (tertiary alicyclic amines) is 2. The number of anilines is 1. The van der Waals surface area contributed by atoms with E-state index in [2.05, 4.69) is 33.4 Å². The predicted molar refractivity (Wildman–Crippen MR) is 129 cm³/mol. The molecule has 3 amide bonds. The van der Waals surface area contributed by atoms with Crippen LogP contribution in [0, 0.1) is 5.92 Å². The number of nitrogens with one attached hydrogen (secondary N) is 1. The third-order valence-electron chi connectivity index (χ3n) is 7.74. The number of carbonyl (C=O) groups is 2. The van der Waals surface area contributed by atoms with Crippen LogP contribution in [0.25, 0.3) is 0 Å². The second-order valence-electron chi connectivity index (χ2n) is 9.95. The molecule has 1 N–H and O–H groups in total. The fraction of sp³-hybridized carbons (Fsp3) is 0.519. The molecule has 0 unspecified atom stereocenters. The minimum Gasteiger partial charge on any atom is -0.343 e. The van der Waals surface area contributed by atoms with E-state index in [-0.39, 0.29) is 6.03 Å². The average molecular weight is 447 g/mol. The van der Waals surface area contributed by atoms with Crippen molar-refractivity contribution in [2.24, 2.45) is 5.92 Å². The molecular formula is C27H34N4O2. The number of aromatic nitrogens is 1. The third kappa shape index (κ3) is 5.21. The number of urea groups is 1. The minimum atomic E-state index is -0.0445. The highest BCUT2D eigenvalue weighted by Crippen LogP contribution is 2.32. The van der Waals surface area contributed by atoms with E-state index in [1.54, 1.807) is 6.20 Å². The van der Waals surface area contributed by atoms with E-state index in [4.69, 9.17) is 0 Å². The Bertz CT molecular complexity index is 942. The molecule has 3 heterocycles. The molecule has 1 aromatic carbocycles. The van der Waals surface area contributed by atoms with Gasteiger partial charge < -0.3 is 15.1 Å². The van der Waals surface area contributed by atoms with Gasteiger partial charge in [-0.3, -0.25) is 9.78 Å². The van der Waals surface area contributed by atoms with Crippen molar-refractivity contribution >= 4 is 17.6 Å². The second-order valence-corrected chi connectivity index (χ2v) is 9.95. The normalized spacial score (nSPS) is 20.0. The molecule has 5 rings (SSSR count). The molecule has 6 nitrogen and oxygen atoms in total. The van der Waals surface area contributed by atoms with Gasteiger partial charge in [0.1, 0.15) is 0 Å². The van der Waals surface area contributed by atoms with Crippen molar-refractivity contribution in [3.63, 3.8) is 0 Å². The summed E-state index contributed by atoms with van der Waals surface area (Å²) in [6, 6.07) is 12.2. The van der Waals surface area contributed by atoms with Gasteiger partial charge in [0, 0.05) is 56.6 Å². The van der Waals surface area contributed by atoms with Crippen molar-refractivity contribution in [2.75, 3.05) is 31.5 Å². The van der Waals surface area contributed by atoms with Gasteiger partial charge in [-0.15, -0.1) is 0 Å². The average Bonchev–Trinajstić information content (AvgIpc) is 3.32. The molecule has 2 saturated heterocycles. The summed E-state index contributed by atoms with van der Waals surface area (Å²) in [6.07, 6.45) is 11.5. The van der Waals surface area contributed by atoms with Crippen LogP contribution in [0.5, 0.6) is 0 Å². The number of hydrogen-bond acceptors (Lipinski definition) is 3. The van der Waals surface area contributed by atoms with Gasteiger partial charge in [0.15, 0.2) is 0 Å². The number of pyridine rings is 1. The van der Waals surface area contributed by atoms with Crippen LogP contribution in [-0.4, -0.2) is 52.9 Å². The molecule has 1 saturated carbocycles. The SMILES string of the molecule is O=C(CC1CCCC1)N1CCC(c2ccc(NC(=O)N3CC(c4cccnc4)C3)cc2)CC1. The summed E-state index contributed by atoms with van der Waals surface area (Å²) in [5, 5.41) is 3.02. The van der Waals surface area contributed by atoms with Gasteiger partial charge in [0.05, 0.1) is 0 Å². The molecule has 0 bridgehead atoms. The van der Waals surface area contributed by atoms with Crippen molar-refractivity contribution < 1.29 is 9.59 Å². The van der Waals surface area contributed by atoms with Crippen LogP contribution in [0.1, 0.15) is 67.9 Å². The minimum absolute atomic E-state index is 0.0445. The largest absolute Gasteiger partial charge is 0.343 e. The number of hydrogen-bond donors (Lipinski definition) is 1. The molecular weight excluding hydrogens is 412 g/mol. The molecule has 1 aliphatic carbocycles. The van der Waals surface area contributed by atoms with Crippen molar-refractivity contribution in [3.05, 3.63) is 59.9 Å². The second kappa shape index (κ2) is 9.94. The van der Waals surface area contributed by atoms with Gasteiger partial charge in [0.25, 0.3) is 0 Å². The summed E-state index contributed by atoms with van der Waals surface area (Å²) in [4.78, 5) is 33.2. The van der Waals surface area contributed by atoms with Crippen molar-refractivity contribution in [2.45, 2.75) is 56.8 Å². The lowest BCUT2D eigenvalue weighted by molar-refractivity contribution is -0.133. The van der Waals surface area contributed by atoms with Gasteiger partial charge >= 0.3 is 6.03 Å². The lowest BCUT2D eigenvalue weighted by atomic mass is 9.89. The smallest absolute Gasteiger partial charge is 0.321 e. The summed E-state index contributed by atoms with van der Waals surface area (Å²) >= 11 is 0. The Morgan fingerprint density at radius 3 is 2.27 bits per heavy atom. The molecule has 0 radical (unpaired) electrons. The molecule has 3 aliphatic rings. The van der Waals surface area contributed by atoms with Crippen LogP contribution in [0.2, 0.25) is 0 Å². The third-order valence-corrected chi connectivity index (χ3v) is 7.74. The Morgan fingerprint density at radius 1 is 0.879 bits per heavy atom. The van der Waals surface area contributed by atoms with E-state index >= 15 is 0 Å². The molecule has 1 aromatic heterocycles. The van der Waals surface area contributed by atoms with E-state index in [9.17, 15) is 9.59 Å². The van der Waals surface area contributed by atoms with Crippen LogP contribution in [0.15, 0.2) is 48.8 Å². The van der Waals surface area contributed by atoms with E-state index < -0.39 is 0 Å². The molecule has 33 heavy (non-hydrogen) atoms. The van der Waals surface area contributed by atoms with Crippen LogP contribution in [0.3, 0.4) is 0 Å². The van der Waals surface area contributed by atoms with E-state index in [0.717, 1.165) is 51.1 Å². The van der Waals surface area contributed by atoms with E-state index in [1.165, 1.54) is 36.8 Å². The molecule has 6 heteroatoms. The zero-order chi connectivity index (χ0) is 22.6. The number of benzene rings is 1. The van der Waals surface area contributed by atoms with Crippen LogP contribution >= 0.6 is 0 Å². The lowest BCUT2D eigenvalue weighted by Crippen LogP contribution is -2.50. The zero-order valence-corrected chi connectivity index (χ0v) is 19.3. The summed E-state index contributed by atoms with van der Waals surface area (Å²) in [5.74, 6) is 1.84. The fourth-order valence-corrected chi connectivity index (χ4v) is 5.57. The highest BCUT2D eigenvalue weighted by molar-refractivity contribution is 5.90. The number of piperidine rings is 1. The number of nitrogens with zero attached hydrogens (tertiary/aromatic N) is 3. The first-order valence-corrected chi connectivity index (χ1v) is 12.5. The van der Waals surface area contributed by atoms with Crippen molar-refractivity contribution in [1.82, 2.24) is 14.8 Å². The molecule has 3 fully saturated rings. The van der Waals surface area contributed by atoms with Crippen molar-refractivity contribution in [1.29, 1.82) is 0 Å². The molecule has 174 valence electrons. The maximum Gasteiger partial charge on any atom is 0.321 e. The quantitative estimate of drug-likeness (QED) is 0.703. The Labute approximate surface area is 196 Å². The first kappa shape index (κ1) is 21.9. The lowest BCUT2D eigenvalue weighted by Gasteiger charge is -2.39.